The quantitative estimate of drug-likeness (QED) is 0.672. The zero-order valence-corrected chi connectivity index (χ0v) is 6.10. The minimum absolute atomic E-state index is 0.327. The molecule has 1 aromatic carbocycles. The molecule has 0 spiro atoms. The fourth-order valence-electron chi connectivity index (χ4n) is 0.738. The number of aldehydes is 1. The van der Waals surface area contributed by atoms with Crippen LogP contribution in [0, 0.1) is 0 Å². The Balaban J connectivity index is 2.77. The Labute approximate surface area is 68.8 Å². The second-order valence-corrected chi connectivity index (χ2v) is 2.10. The first-order chi connectivity index (χ1) is 5.72. The van der Waals surface area contributed by atoms with Gasteiger partial charge in [-0.05, 0) is 24.3 Å². The van der Waals surface area contributed by atoms with Crippen molar-refractivity contribution in [2.24, 2.45) is 0 Å². The van der Waals surface area contributed by atoms with Crippen LogP contribution in [0.25, 0.3) is 0 Å². The van der Waals surface area contributed by atoms with Crippen molar-refractivity contribution in [3.63, 3.8) is 0 Å². The number of nitrogens with zero attached hydrogens (tertiary/aromatic N) is 1. The summed E-state index contributed by atoms with van der Waals surface area (Å²) in [6.07, 6.45) is -0.557. The third-order valence-corrected chi connectivity index (χ3v) is 1.25. The highest BCUT2D eigenvalue weighted by Crippen LogP contribution is 2.07. The molecular formula is C8H6NO3. The van der Waals surface area contributed by atoms with Crippen LogP contribution in [-0.4, -0.2) is 17.5 Å². The van der Waals surface area contributed by atoms with Gasteiger partial charge in [0.2, 0.25) is 0 Å². The van der Waals surface area contributed by atoms with Crippen molar-refractivity contribution < 1.29 is 14.7 Å². The molecule has 12 heavy (non-hydrogen) atoms. The number of hydrogen-bond donors (Lipinski definition) is 1. The first-order valence-electron chi connectivity index (χ1n) is 3.22. The van der Waals surface area contributed by atoms with Crippen molar-refractivity contribution >= 4 is 18.1 Å². The van der Waals surface area contributed by atoms with Gasteiger partial charge in [-0.25, -0.2) is 4.79 Å². The van der Waals surface area contributed by atoms with Gasteiger partial charge in [-0.15, -0.1) is 0 Å². The number of amides is 1. The molecule has 0 aromatic heterocycles. The van der Waals surface area contributed by atoms with Crippen molar-refractivity contribution in [3.05, 3.63) is 29.8 Å². The normalized spacial score (nSPS) is 9.00. The van der Waals surface area contributed by atoms with Crippen LogP contribution in [0.3, 0.4) is 0 Å². The summed E-state index contributed by atoms with van der Waals surface area (Å²) in [6, 6.07) is 5.96. The van der Waals surface area contributed by atoms with Gasteiger partial charge < -0.3 is 5.11 Å². The Morgan fingerprint density at radius 1 is 1.33 bits per heavy atom. The molecule has 4 heteroatoms. The molecule has 0 bridgehead atoms. The van der Waals surface area contributed by atoms with Crippen molar-refractivity contribution in [1.82, 2.24) is 5.32 Å². The lowest BCUT2D eigenvalue weighted by Crippen LogP contribution is -2.05. The summed E-state index contributed by atoms with van der Waals surface area (Å²) in [7, 11) is 0. The molecule has 0 saturated carbocycles. The summed E-state index contributed by atoms with van der Waals surface area (Å²) < 4.78 is 0. The Bertz CT molecular complexity index is 292. The summed E-state index contributed by atoms with van der Waals surface area (Å²) in [5, 5.41) is 11.5. The molecule has 4 nitrogen and oxygen atoms in total. The largest absolute Gasteiger partial charge is 0.463 e. The number of hydrogen-bond acceptors (Lipinski definition) is 2. The van der Waals surface area contributed by atoms with Gasteiger partial charge in [-0.2, -0.15) is 5.32 Å². The van der Waals surface area contributed by atoms with Gasteiger partial charge in [0, 0.05) is 5.56 Å². The first kappa shape index (κ1) is 8.26. The Morgan fingerprint density at radius 2 is 1.92 bits per heavy atom. The zero-order chi connectivity index (χ0) is 8.97. The molecule has 0 fully saturated rings. The summed E-state index contributed by atoms with van der Waals surface area (Å²) in [6.45, 7) is 0. The molecular weight excluding hydrogens is 158 g/mol. The lowest BCUT2D eigenvalue weighted by Gasteiger charge is -1.95. The smallest absolute Gasteiger partial charge is 0.431 e. The van der Waals surface area contributed by atoms with Gasteiger partial charge in [0.15, 0.2) is 0 Å². The Kier molecular flexibility index (Phi) is 2.42. The fourth-order valence-corrected chi connectivity index (χ4v) is 0.738. The highest BCUT2D eigenvalue weighted by molar-refractivity contribution is 5.77. The molecule has 1 aromatic rings. The van der Waals surface area contributed by atoms with E-state index < -0.39 is 6.09 Å². The highest BCUT2D eigenvalue weighted by atomic mass is 16.4. The molecule has 0 aliphatic heterocycles. The maximum absolute atomic E-state index is 10.2. The van der Waals surface area contributed by atoms with E-state index in [1.807, 2.05) is 0 Å². The number of carboxylic acid groups (broad SMARTS) is 1. The van der Waals surface area contributed by atoms with Crippen LogP contribution in [-0.2, 0) is 0 Å². The van der Waals surface area contributed by atoms with Crippen LogP contribution in [0.1, 0.15) is 10.4 Å². The first-order valence-corrected chi connectivity index (χ1v) is 3.22. The molecule has 0 aliphatic rings. The van der Waals surface area contributed by atoms with E-state index in [0.717, 1.165) is 0 Å². The van der Waals surface area contributed by atoms with Crippen molar-refractivity contribution in [1.29, 1.82) is 0 Å². The van der Waals surface area contributed by atoms with Crippen LogP contribution in [0.4, 0.5) is 10.5 Å². The molecule has 1 amide bonds. The van der Waals surface area contributed by atoms with Crippen molar-refractivity contribution in [2.45, 2.75) is 0 Å². The Hall–Kier alpha value is -1.84. The van der Waals surface area contributed by atoms with Crippen molar-refractivity contribution in [3.8, 4) is 0 Å². The van der Waals surface area contributed by atoms with Gasteiger partial charge in [0.25, 0.3) is 0 Å². The third kappa shape index (κ3) is 2.09. The second kappa shape index (κ2) is 3.52. The van der Waals surface area contributed by atoms with E-state index in [1.54, 1.807) is 0 Å². The minimum atomic E-state index is -1.24. The molecule has 0 saturated heterocycles. The van der Waals surface area contributed by atoms with E-state index in [1.165, 1.54) is 24.3 Å². The zero-order valence-electron chi connectivity index (χ0n) is 6.10. The van der Waals surface area contributed by atoms with Crippen LogP contribution >= 0.6 is 0 Å². The summed E-state index contributed by atoms with van der Waals surface area (Å²) >= 11 is 0. The van der Waals surface area contributed by atoms with Crippen LogP contribution in [0.5, 0.6) is 0 Å². The monoisotopic (exact) mass is 164 g/mol. The molecule has 0 aliphatic carbocycles. The predicted octanol–water partition coefficient (Wildman–Crippen LogP) is 1.41. The summed E-state index contributed by atoms with van der Waals surface area (Å²) in [4.78, 5) is 20.3. The third-order valence-electron chi connectivity index (χ3n) is 1.25. The van der Waals surface area contributed by atoms with E-state index in [0.29, 0.717) is 17.5 Å². The average Bonchev–Trinajstić information content (AvgIpc) is 2.05. The minimum Gasteiger partial charge on any atom is -0.463 e. The fraction of sp³-hybridized carbons (Fsp3) is 0. The topological polar surface area (TPSA) is 68.5 Å². The van der Waals surface area contributed by atoms with Gasteiger partial charge in [0.05, 0.1) is 5.69 Å². The van der Waals surface area contributed by atoms with Crippen LogP contribution < -0.4 is 5.32 Å². The Morgan fingerprint density at radius 3 is 2.33 bits per heavy atom. The molecule has 1 rings (SSSR count). The van der Waals surface area contributed by atoms with Gasteiger partial charge >= 0.3 is 6.09 Å². The van der Waals surface area contributed by atoms with Crippen molar-refractivity contribution in [2.75, 3.05) is 0 Å². The van der Waals surface area contributed by atoms with E-state index in [4.69, 9.17) is 5.11 Å². The van der Waals surface area contributed by atoms with E-state index in [-0.39, 0.29) is 0 Å². The molecule has 1 N–H and O–H groups in total. The average molecular weight is 164 g/mol. The van der Waals surface area contributed by atoms with Gasteiger partial charge in [0.1, 0.15) is 6.29 Å². The summed E-state index contributed by atoms with van der Waals surface area (Å²) in [5.41, 5.74) is 0.826. The van der Waals surface area contributed by atoms with Gasteiger partial charge in [-0.3, -0.25) is 4.79 Å². The van der Waals surface area contributed by atoms with Crippen LogP contribution in [0.15, 0.2) is 24.3 Å². The SMILES string of the molecule is O=Cc1ccc([N]C(=O)O)cc1. The van der Waals surface area contributed by atoms with E-state index >= 15 is 0 Å². The summed E-state index contributed by atoms with van der Waals surface area (Å²) in [5.74, 6) is 0. The van der Waals surface area contributed by atoms with E-state index in [9.17, 15) is 9.59 Å². The molecule has 1 radical (unpaired) electrons. The number of rotatable bonds is 2. The maximum atomic E-state index is 10.2. The standard InChI is InChI=1S/C8H6NO3/c10-5-6-1-3-7(4-2-6)9-8(11)12/h1-5H,(H,11,12). The molecule has 0 heterocycles. The van der Waals surface area contributed by atoms with Crippen LogP contribution in [0.2, 0.25) is 0 Å². The lowest BCUT2D eigenvalue weighted by molar-refractivity contribution is 0.112. The number of carbonyl (C=O) groups excluding carboxylic acids is 1. The molecule has 0 atom stereocenters. The van der Waals surface area contributed by atoms with Gasteiger partial charge in [-0.1, -0.05) is 0 Å². The predicted molar refractivity (Wildman–Crippen MR) is 41.6 cm³/mol. The second-order valence-electron chi connectivity index (χ2n) is 2.10. The lowest BCUT2D eigenvalue weighted by atomic mass is 10.2. The maximum Gasteiger partial charge on any atom is 0.431 e. The molecule has 0 unspecified atom stereocenters. The highest BCUT2D eigenvalue weighted by Gasteiger charge is 1.99. The number of benzene rings is 1. The molecule has 61 valence electrons. The van der Waals surface area contributed by atoms with E-state index in [2.05, 4.69) is 5.32 Å². The number of carbonyl (C=O) groups is 2.